The Hall–Kier alpha value is -0.550. The Kier molecular flexibility index (Phi) is 4.90. The van der Waals surface area contributed by atoms with Crippen LogP contribution in [0.4, 0.5) is 10.1 Å². The standard InChI is InChI=1S/C13H16Cl2FNO2/c1-3-19-11-6-10(13(11)18-2)17-12-8(14)4-7(16)5-9(12)15/h4-5,10-11,13,17H,3,6H2,1-2H3. The van der Waals surface area contributed by atoms with Crippen molar-refractivity contribution in [3.8, 4) is 0 Å². The van der Waals surface area contributed by atoms with Crippen LogP contribution in [0.25, 0.3) is 0 Å². The Balaban J connectivity index is 2.07. The van der Waals surface area contributed by atoms with E-state index in [2.05, 4.69) is 5.32 Å². The number of methoxy groups -OCH3 is 1. The molecule has 3 nitrogen and oxygen atoms in total. The van der Waals surface area contributed by atoms with Gasteiger partial charge in [0.15, 0.2) is 0 Å². The molecule has 3 atom stereocenters. The third kappa shape index (κ3) is 3.14. The van der Waals surface area contributed by atoms with E-state index in [0.717, 1.165) is 6.42 Å². The monoisotopic (exact) mass is 307 g/mol. The molecule has 1 saturated carbocycles. The molecule has 1 N–H and O–H groups in total. The minimum Gasteiger partial charge on any atom is -0.377 e. The van der Waals surface area contributed by atoms with Gasteiger partial charge in [0.05, 0.1) is 27.9 Å². The lowest BCUT2D eigenvalue weighted by molar-refractivity contribution is -0.118. The average Bonchev–Trinajstić information content (AvgIpc) is 2.31. The van der Waals surface area contributed by atoms with Crippen LogP contribution < -0.4 is 5.32 Å². The topological polar surface area (TPSA) is 30.5 Å². The highest BCUT2D eigenvalue weighted by atomic mass is 35.5. The number of halogens is 3. The van der Waals surface area contributed by atoms with Gasteiger partial charge in [-0.15, -0.1) is 0 Å². The van der Waals surface area contributed by atoms with Gasteiger partial charge in [0.1, 0.15) is 11.9 Å². The molecule has 106 valence electrons. The van der Waals surface area contributed by atoms with Crippen molar-refractivity contribution >= 4 is 28.9 Å². The smallest absolute Gasteiger partial charge is 0.126 e. The highest BCUT2D eigenvalue weighted by Crippen LogP contribution is 2.36. The third-order valence-corrected chi connectivity index (χ3v) is 3.83. The Bertz CT molecular complexity index is 435. The highest BCUT2D eigenvalue weighted by molar-refractivity contribution is 6.39. The van der Waals surface area contributed by atoms with Gasteiger partial charge in [0, 0.05) is 13.7 Å². The van der Waals surface area contributed by atoms with Gasteiger partial charge in [-0.25, -0.2) is 4.39 Å². The first kappa shape index (κ1) is 14.9. The van der Waals surface area contributed by atoms with Crippen molar-refractivity contribution in [3.05, 3.63) is 28.0 Å². The fourth-order valence-electron chi connectivity index (χ4n) is 2.28. The minimum atomic E-state index is -0.454. The molecule has 0 aliphatic heterocycles. The number of hydrogen-bond donors (Lipinski definition) is 1. The lowest BCUT2D eigenvalue weighted by Gasteiger charge is -2.44. The Labute approximate surface area is 122 Å². The molecule has 6 heteroatoms. The van der Waals surface area contributed by atoms with Gasteiger partial charge in [0.25, 0.3) is 0 Å². The van der Waals surface area contributed by atoms with E-state index in [-0.39, 0.29) is 28.3 Å². The van der Waals surface area contributed by atoms with Crippen molar-refractivity contribution in [2.24, 2.45) is 0 Å². The number of hydrogen-bond acceptors (Lipinski definition) is 3. The third-order valence-electron chi connectivity index (χ3n) is 3.24. The second-order valence-corrected chi connectivity index (χ2v) is 5.24. The van der Waals surface area contributed by atoms with E-state index in [9.17, 15) is 4.39 Å². The van der Waals surface area contributed by atoms with Crippen LogP contribution in [-0.4, -0.2) is 32.0 Å². The fraction of sp³-hybridized carbons (Fsp3) is 0.538. The lowest BCUT2D eigenvalue weighted by atomic mass is 9.85. The lowest BCUT2D eigenvalue weighted by Crippen LogP contribution is -2.56. The Morgan fingerprint density at radius 1 is 1.37 bits per heavy atom. The number of nitrogens with one attached hydrogen (secondary N) is 1. The molecule has 0 saturated heterocycles. The molecule has 1 fully saturated rings. The van der Waals surface area contributed by atoms with E-state index in [1.807, 2.05) is 6.92 Å². The first-order valence-corrected chi connectivity index (χ1v) is 6.87. The molecule has 1 aliphatic rings. The average molecular weight is 308 g/mol. The van der Waals surface area contributed by atoms with Crippen LogP contribution in [-0.2, 0) is 9.47 Å². The van der Waals surface area contributed by atoms with Gasteiger partial charge in [0.2, 0.25) is 0 Å². The number of ether oxygens (including phenoxy) is 2. The molecule has 0 heterocycles. The van der Waals surface area contributed by atoms with E-state index < -0.39 is 5.82 Å². The SMILES string of the molecule is CCOC1CC(Nc2c(Cl)cc(F)cc2Cl)C1OC. The van der Waals surface area contributed by atoms with E-state index in [1.165, 1.54) is 12.1 Å². The zero-order chi connectivity index (χ0) is 14.0. The predicted molar refractivity (Wildman–Crippen MR) is 74.7 cm³/mol. The Morgan fingerprint density at radius 3 is 2.53 bits per heavy atom. The van der Waals surface area contributed by atoms with Crippen LogP contribution >= 0.6 is 23.2 Å². The molecule has 0 amide bonds. The number of rotatable bonds is 5. The van der Waals surface area contributed by atoms with Gasteiger partial charge in [-0.05, 0) is 25.5 Å². The van der Waals surface area contributed by atoms with Crippen molar-refractivity contribution in [3.63, 3.8) is 0 Å². The van der Waals surface area contributed by atoms with E-state index in [1.54, 1.807) is 7.11 Å². The predicted octanol–water partition coefficient (Wildman–Crippen LogP) is 3.74. The van der Waals surface area contributed by atoms with Crippen molar-refractivity contribution < 1.29 is 13.9 Å². The van der Waals surface area contributed by atoms with E-state index >= 15 is 0 Å². The molecular weight excluding hydrogens is 292 g/mol. The molecule has 1 aromatic carbocycles. The van der Waals surface area contributed by atoms with Gasteiger partial charge in [-0.1, -0.05) is 23.2 Å². The van der Waals surface area contributed by atoms with Crippen LogP contribution in [0.5, 0.6) is 0 Å². The van der Waals surface area contributed by atoms with E-state index in [0.29, 0.717) is 12.3 Å². The molecular formula is C13H16Cl2FNO2. The quantitative estimate of drug-likeness (QED) is 0.899. The summed E-state index contributed by atoms with van der Waals surface area (Å²) in [6.07, 6.45) is 0.818. The van der Waals surface area contributed by atoms with Crippen LogP contribution in [0.1, 0.15) is 13.3 Å². The summed E-state index contributed by atoms with van der Waals surface area (Å²) in [5.41, 5.74) is 0.534. The summed E-state index contributed by atoms with van der Waals surface area (Å²) in [5, 5.41) is 3.72. The second kappa shape index (κ2) is 6.27. The van der Waals surface area contributed by atoms with Gasteiger partial charge in [-0.2, -0.15) is 0 Å². The summed E-state index contributed by atoms with van der Waals surface area (Å²) in [6, 6.07) is 2.52. The summed E-state index contributed by atoms with van der Waals surface area (Å²) in [6.45, 7) is 2.59. The van der Waals surface area contributed by atoms with Crippen molar-refractivity contribution in [2.75, 3.05) is 19.0 Å². The highest BCUT2D eigenvalue weighted by Gasteiger charge is 2.42. The Morgan fingerprint density at radius 2 is 2.00 bits per heavy atom. The van der Waals surface area contributed by atoms with Crippen molar-refractivity contribution in [2.45, 2.75) is 31.6 Å². The maximum Gasteiger partial charge on any atom is 0.126 e. The first-order chi connectivity index (χ1) is 9.06. The molecule has 1 aromatic rings. The van der Waals surface area contributed by atoms with Gasteiger partial charge >= 0.3 is 0 Å². The zero-order valence-electron chi connectivity index (χ0n) is 10.8. The maximum absolute atomic E-state index is 13.1. The first-order valence-electron chi connectivity index (χ1n) is 6.12. The largest absolute Gasteiger partial charge is 0.377 e. The molecule has 0 aromatic heterocycles. The van der Waals surface area contributed by atoms with Gasteiger partial charge < -0.3 is 14.8 Å². The summed E-state index contributed by atoms with van der Waals surface area (Å²) in [4.78, 5) is 0. The molecule has 19 heavy (non-hydrogen) atoms. The summed E-state index contributed by atoms with van der Waals surface area (Å²) in [5.74, 6) is -0.454. The summed E-state index contributed by atoms with van der Waals surface area (Å²) < 4.78 is 24.0. The molecule has 0 radical (unpaired) electrons. The normalized spacial score (nSPS) is 26.1. The molecule has 0 bridgehead atoms. The zero-order valence-corrected chi connectivity index (χ0v) is 12.3. The fourth-order valence-corrected chi connectivity index (χ4v) is 2.85. The molecule has 1 aliphatic carbocycles. The van der Waals surface area contributed by atoms with E-state index in [4.69, 9.17) is 32.7 Å². The summed E-state index contributed by atoms with van der Waals surface area (Å²) in [7, 11) is 1.64. The minimum absolute atomic E-state index is 0.0574. The van der Waals surface area contributed by atoms with Crippen LogP contribution in [0.3, 0.4) is 0 Å². The van der Waals surface area contributed by atoms with Crippen LogP contribution in [0, 0.1) is 5.82 Å². The molecule has 2 rings (SSSR count). The van der Waals surface area contributed by atoms with Crippen molar-refractivity contribution in [1.82, 2.24) is 0 Å². The second-order valence-electron chi connectivity index (χ2n) is 4.43. The van der Waals surface area contributed by atoms with Crippen LogP contribution in [0.2, 0.25) is 10.0 Å². The van der Waals surface area contributed by atoms with Crippen LogP contribution in [0.15, 0.2) is 12.1 Å². The number of anilines is 1. The van der Waals surface area contributed by atoms with Gasteiger partial charge in [-0.3, -0.25) is 0 Å². The summed E-state index contributed by atoms with van der Waals surface area (Å²) >= 11 is 12.0. The van der Waals surface area contributed by atoms with Crippen molar-refractivity contribution in [1.29, 1.82) is 0 Å². The molecule has 3 unspecified atom stereocenters. The maximum atomic E-state index is 13.1. The number of benzene rings is 1. The molecule has 0 spiro atoms.